The van der Waals surface area contributed by atoms with Gasteiger partial charge in [-0.1, -0.05) is 30.3 Å². The molecule has 108 valence electrons. The van der Waals surface area contributed by atoms with Crippen LogP contribution in [0.5, 0.6) is 0 Å². The molecule has 1 spiro atoms. The molecule has 2 atom stereocenters. The summed E-state index contributed by atoms with van der Waals surface area (Å²) in [6.07, 6.45) is -0.499. The van der Waals surface area contributed by atoms with Crippen molar-refractivity contribution in [3.8, 4) is 0 Å². The molecule has 0 aliphatic carbocycles. The lowest BCUT2D eigenvalue weighted by molar-refractivity contribution is 0.0947. The lowest BCUT2D eigenvalue weighted by Gasteiger charge is -2.24. The fourth-order valence-corrected chi connectivity index (χ4v) is 3.04. The van der Waals surface area contributed by atoms with Gasteiger partial charge in [0.15, 0.2) is 0 Å². The number of amides is 1. The van der Waals surface area contributed by atoms with Crippen LogP contribution >= 0.6 is 0 Å². The number of halogens is 1. The molecule has 1 aromatic rings. The number of nitrogens with zero attached hydrogens (tertiary/aromatic N) is 1. The predicted molar refractivity (Wildman–Crippen MR) is 73.0 cm³/mol. The minimum absolute atomic E-state index is 0.264. The largest absolute Gasteiger partial charge is 0.445 e. The van der Waals surface area contributed by atoms with E-state index in [-0.39, 0.29) is 12.7 Å². The molecule has 0 bridgehead atoms. The van der Waals surface area contributed by atoms with E-state index in [0.717, 1.165) is 5.56 Å². The van der Waals surface area contributed by atoms with E-state index >= 15 is 0 Å². The number of nitrogens with one attached hydrogen (secondary N) is 1. The van der Waals surface area contributed by atoms with Crippen molar-refractivity contribution < 1.29 is 13.9 Å². The summed E-state index contributed by atoms with van der Waals surface area (Å²) < 4.78 is 19.2. The number of alkyl halides is 1. The van der Waals surface area contributed by atoms with Crippen molar-refractivity contribution in [3.63, 3.8) is 0 Å². The Kier molecular flexibility index (Phi) is 3.61. The molecule has 0 aromatic heterocycles. The molecule has 4 nitrogen and oxygen atoms in total. The number of rotatable bonds is 2. The Morgan fingerprint density at radius 1 is 1.45 bits per heavy atom. The van der Waals surface area contributed by atoms with Crippen LogP contribution in [0.2, 0.25) is 0 Å². The second-order valence-corrected chi connectivity index (χ2v) is 5.67. The molecule has 1 aromatic carbocycles. The van der Waals surface area contributed by atoms with Crippen molar-refractivity contribution in [2.24, 2.45) is 5.41 Å². The molecule has 1 amide bonds. The van der Waals surface area contributed by atoms with Crippen LogP contribution in [-0.2, 0) is 11.3 Å². The van der Waals surface area contributed by atoms with E-state index in [1.54, 1.807) is 4.90 Å². The number of benzene rings is 1. The average molecular weight is 278 g/mol. The lowest BCUT2D eigenvalue weighted by Crippen LogP contribution is -2.37. The van der Waals surface area contributed by atoms with Gasteiger partial charge in [-0.2, -0.15) is 0 Å². The van der Waals surface area contributed by atoms with Gasteiger partial charge in [-0.25, -0.2) is 9.18 Å². The van der Waals surface area contributed by atoms with Gasteiger partial charge in [-0.05, 0) is 12.0 Å². The molecule has 2 aliphatic heterocycles. The second-order valence-electron chi connectivity index (χ2n) is 5.67. The van der Waals surface area contributed by atoms with Crippen LogP contribution in [0.4, 0.5) is 9.18 Å². The molecule has 3 rings (SSSR count). The zero-order valence-corrected chi connectivity index (χ0v) is 11.3. The first-order valence-electron chi connectivity index (χ1n) is 7.00. The third-order valence-corrected chi connectivity index (χ3v) is 4.31. The molecular formula is C15H19FN2O2. The fraction of sp³-hybridized carbons (Fsp3) is 0.533. The molecule has 2 saturated heterocycles. The van der Waals surface area contributed by atoms with Gasteiger partial charge in [0.25, 0.3) is 0 Å². The van der Waals surface area contributed by atoms with Crippen LogP contribution in [0.3, 0.4) is 0 Å². The highest BCUT2D eigenvalue weighted by molar-refractivity contribution is 5.68. The maximum atomic E-state index is 13.9. The quantitative estimate of drug-likeness (QED) is 0.899. The molecule has 2 aliphatic rings. The number of likely N-dealkylation sites (tertiary alicyclic amines) is 1. The first kappa shape index (κ1) is 13.4. The highest BCUT2D eigenvalue weighted by atomic mass is 19.1. The van der Waals surface area contributed by atoms with Gasteiger partial charge in [0.1, 0.15) is 12.8 Å². The molecule has 5 heteroatoms. The Balaban J connectivity index is 1.54. The molecule has 2 fully saturated rings. The number of hydrogen-bond acceptors (Lipinski definition) is 3. The summed E-state index contributed by atoms with van der Waals surface area (Å²) in [4.78, 5) is 13.7. The average Bonchev–Trinajstić information content (AvgIpc) is 3.06. The van der Waals surface area contributed by atoms with Crippen molar-refractivity contribution in [1.82, 2.24) is 10.2 Å². The number of carbonyl (C=O) groups is 1. The van der Waals surface area contributed by atoms with E-state index < -0.39 is 11.6 Å². The van der Waals surface area contributed by atoms with Crippen LogP contribution in [-0.4, -0.2) is 43.3 Å². The van der Waals surface area contributed by atoms with Crippen molar-refractivity contribution in [3.05, 3.63) is 35.9 Å². The summed E-state index contributed by atoms with van der Waals surface area (Å²) >= 11 is 0. The minimum atomic E-state index is -0.866. The van der Waals surface area contributed by atoms with Crippen LogP contribution in [0.1, 0.15) is 12.0 Å². The van der Waals surface area contributed by atoms with E-state index in [4.69, 9.17) is 4.74 Å². The summed E-state index contributed by atoms with van der Waals surface area (Å²) in [5.74, 6) is 0. The normalized spacial score (nSPS) is 29.1. The van der Waals surface area contributed by atoms with E-state index in [1.807, 2.05) is 30.3 Å². The summed E-state index contributed by atoms with van der Waals surface area (Å²) in [6, 6.07) is 9.57. The van der Waals surface area contributed by atoms with Crippen LogP contribution < -0.4 is 5.32 Å². The highest BCUT2D eigenvalue weighted by Crippen LogP contribution is 2.38. The van der Waals surface area contributed by atoms with Crippen molar-refractivity contribution in [1.29, 1.82) is 0 Å². The van der Waals surface area contributed by atoms with E-state index in [2.05, 4.69) is 5.32 Å². The summed E-state index contributed by atoms with van der Waals surface area (Å²) in [5.41, 5.74) is 0.562. The van der Waals surface area contributed by atoms with Gasteiger partial charge in [-0.3, -0.25) is 0 Å². The Morgan fingerprint density at radius 3 is 2.95 bits per heavy atom. The molecule has 2 heterocycles. The topological polar surface area (TPSA) is 41.6 Å². The Morgan fingerprint density at radius 2 is 2.25 bits per heavy atom. The predicted octanol–water partition coefficient (Wildman–Crippen LogP) is 1.96. The summed E-state index contributed by atoms with van der Waals surface area (Å²) in [5, 5.41) is 3.07. The van der Waals surface area contributed by atoms with Crippen LogP contribution in [0.25, 0.3) is 0 Å². The number of hydrogen-bond donors (Lipinski definition) is 1. The van der Waals surface area contributed by atoms with E-state index in [0.29, 0.717) is 32.6 Å². The molecule has 2 unspecified atom stereocenters. The maximum absolute atomic E-state index is 13.9. The molecule has 1 N–H and O–H groups in total. The van der Waals surface area contributed by atoms with Crippen LogP contribution in [0.15, 0.2) is 30.3 Å². The Hall–Kier alpha value is -1.62. The molecule has 0 radical (unpaired) electrons. The molecular weight excluding hydrogens is 259 g/mol. The zero-order chi connectivity index (χ0) is 14.0. The smallest absolute Gasteiger partial charge is 0.410 e. The third kappa shape index (κ3) is 2.50. The van der Waals surface area contributed by atoms with Gasteiger partial charge in [0, 0.05) is 31.6 Å². The Bertz CT molecular complexity index is 482. The fourth-order valence-electron chi connectivity index (χ4n) is 3.04. The van der Waals surface area contributed by atoms with Gasteiger partial charge in [0.2, 0.25) is 0 Å². The zero-order valence-electron chi connectivity index (χ0n) is 11.3. The van der Waals surface area contributed by atoms with Gasteiger partial charge < -0.3 is 15.0 Å². The van der Waals surface area contributed by atoms with Gasteiger partial charge in [0.05, 0.1) is 0 Å². The monoisotopic (exact) mass is 278 g/mol. The van der Waals surface area contributed by atoms with Gasteiger partial charge >= 0.3 is 6.09 Å². The van der Waals surface area contributed by atoms with Gasteiger partial charge in [-0.15, -0.1) is 0 Å². The van der Waals surface area contributed by atoms with Crippen molar-refractivity contribution in [2.75, 3.05) is 26.2 Å². The SMILES string of the molecule is O=C(OCc1ccccc1)N1CCC2(CNCC2F)C1. The number of carbonyl (C=O) groups excluding carboxylic acids is 1. The second kappa shape index (κ2) is 5.40. The Labute approximate surface area is 117 Å². The summed E-state index contributed by atoms with van der Waals surface area (Å²) in [6.45, 7) is 2.34. The first-order chi connectivity index (χ1) is 9.70. The third-order valence-electron chi connectivity index (χ3n) is 4.31. The first-order valence-corrected chi connectivity index (χ1v) is 7.00. The minimum Gasteiger partial charge on any atom is -0.445 e. The lowest BCUT2D eigenvalue weighted by atomic mass is 9.85. The van der Waals surface area contributed by atoms with Crippen molar-refractivity contribution >= 4 is 6.09 Å². The molecule has 20 heavy (non-hydrogen) atoms. The summed E-state index contributed by atoms with van der Waals surface area (Å²) in [7, 11) is 0. The number of ether oxygens (including phenoxy) is 1. The standard InChI is InChI=1S/C15H19FN2O2/c16-13-8-17-10-15(13)6-7-18(11-15)14(19)20-9-12-4-2-1-3-5-12/h1-5,13,17H,6-11H2. The molecule has 0 saturated carbocycles. The van der Waals surface area contributed by atoms with E-state index in [1.165, 1.54) is 0 Å². The maximum Gasteiger partial charge on any atom is 0.410 e. The van der Waals surface area contributed by atoms with Crippen molar-refractivity contribution in [2.45, 2.75) is 19.2 Å². The van der Waals surface area contributed by atoms with Crippen LogP contribution in [0, 0.1) is 5.41 Å². The highest BCUT2D eigenvalue weighted by Gasteiger charge is 2.49. The van der Waals surface area contributed by atoms with E-state index in [9.17, 15) is 9.18 Å².